The van der Waals surface area contributed by atoms with Crippen LogP contribution in [0, 0.1) is 40.4 Å². The van der Waals surface area contributed by atoms with Crippen LogP contribution in [-0.4, -0.2) is 44.8 Å². The van der Waals surface area contributed by atoms with Crippen molar-refractivity contribution in [3.63, 3.8) is 0 Å². The van der Waals surface area contributed by atoms with Gasteiger partial charge in [-0.05, 0) is 94.0 Å². The molecule has 1 N–H and O–H groups in total. The van der Waals surface area contributed by atoms with Gasteiger partial charge >= 0.3 is 5.97 Å². The van der Waals surface area contributed by atoms with Crippen molar-refractivity contribution >= 4 is 17.5 Å². The number of nitrogens with zero attached hydrogens (tertiary/aromatic N) is 1. The van der Waals surface area contributed by atoms with E-state index < -0.39 is 0 Å². The number of hydrogen-bond donors (Lipinski definition) is 1. The number of esters is 1. The molecular formula is C25H40N2O4. The van der Waals surface area contributed by atoms with Gasteiger partial charge in [0.15, 0.2) is 0 Å². The van der Waals surface area contributed by atoms with Crippen molar-refractivity contribution in [3.8, 4) is 0 Å². The molecule has 0 heterocycles. The summed E-state index contributed by atoms with van der Waals surface area (Å²) in [6.45, 7) is 6.14. The number of oxime groups is 1. The molecule has 0 bridgehead atoms. The van der Waals surface area contributed by atoms with Crippen molar-refractivity contribution in [2.24, 2.45) is 45.6 Å². The molecule has 0 radical (unpaired) electrons. The molecule has 4 saturated carbocycles. The molecular weight excluding hydrogens is 392 g/mol. The average Bonchev–Trinajstić information content (AvgIpc) is 3.07. The molecule has 4 aliphatic rings. The summed E-state index contributed by atoms with van der Waals surface area (Å²) < 4.78 is 5.30. The van der Waals surface area contributed by atoms with E-state index in [1.54, 1.807) is 0 Å². The number of rotatable bonds is 6. The molecule has 6 heteroatoms. The van der Waals surface area contributed by atoms with E-state index in [9.17, 15) is 9.59 Å². The van der Waals surface area contributed by atoms with Crippen molar-refractivity contribution in [1.29, 1.82) is 0 Å². The number of ether oxygens (including phenoxy) is 1. The first-order valence-electron chi connectivity index (χ1n) is 12.3. The highest BCUT2D eigenvalue weighted by atomic mass is 16.6. The third-order valence-electron chi connectivity index (χ3n) is 9.62. The fourth-order valence-electron chi connectivity index (χ4n) is 7.86. The summed E-state index contributed by atoms with van der Waals surface area (Å²) in [7, 11) is 3.45. The van der Waals surface area contributed by atoms with Gasteiger partial charge in [-0.2, -0.15) is 0 Å². The lowest BCUT2D eigenvalue weighted by Gasteiger charge is -2.61. The maximum Gasteiger partial charge on any atom is 0.308 e. The van der Waals surface area contributed by atoms with Crippen LogP contribution >= 0.6 is 0 Å². The fourth-order valence-corrected chi connectivity index (χ4v) is 7.86. The SMILES string of the molecule is CNCCCON=C1CC[C@@]2(C)C(C1)[C@@H](C(=O)OC)C[C@@H]1[C@@H]2CC[C@]2(C)C(=O)CC[C@@H]12. The van der Waals surface area contributed by atoms with Crippen LogP contribution in [0.15, 0.2) is 5.16 Å². The molecule has 174 valence electrons. The minimum Gasteiger partial charge on any atom is -0.469 e. The smallest absolute Gasteiger partial charge is 0.308 e. The van der Waals surface area contributed by atoms with Crippen molar-refractivity contribution < 1.29 is 19.2 Å². The molecule has 0 aromatic rings. The Morgan fingerprint density at radius 1 is 1.16 bits per heavy atom. The minimum atomic E-state index is -0.173. The van der Waals surface area contributed by atoms with Crippen LogP contribution in [0.2, 0.25) is 0 Å². The highest BCUT2D eigenvalue weighted by Crippen LogP contribution is 2.66. The predicted molar refractivity (Wildman–Crippen MR) is 120 cm³/mol. The van der Waals surface area contributed by atoms with Crippen LogP contribution < -0.4 is 5.32 Å². The number of carbonyl (C=O) groups excluding carboxylic acids is 2. The zero-order chi connectivity index (χ0) is 22.2. The second-order valence-electron chi connectivity index (χ2n) is 10.9. The zero-order valence-electron chi connectivity index (χ0n) is 19.7. The molecule has 1 unspecified atom stereocenters. The van der Waals surface area contributed by atoms with Crippen LogP contribution in [0.1, 0.15) is 71.6 Å². The topological polar surface area (TPSA) is 77.0 Å². The van der Waals surface area contributed by atoms with E-state index in [1.807, 2.05) is 7.05 Å². The lowest BCUT2D eigenvalue weighted by Crippen LogP contribution is -2.57. The van der Waals surface area contributed by atoms with Gasteiger partial charge in [-0.25, -0.2) is 0 Å². The van der Waals surface area contributed by atoms with E-state index in [-0.39, 0.29) is 28.6 Å². The molecule has 0 aromatic heterocycles. The highest BCUT2D eigenvalue weighted by molar-refractivity contribution is 5.88. The van der Waals surface area contributed by atoms with Gasteiger partial charge in [0.25, 0.3) is 0 Å². The summed E-state index contributed by atoms with van der Waals surface area (Å²) in [5, 5.41) is 7.59. The molecule has 4 aliphatic carbocycles. The Morgan fingerprint density at radius 2 is 1.97 bits per heavy atom. The normalized spacial score (nSPS) is 43.2. The zero-order valence-corrected chi connectivity index (χ0v) is 19.7. The second kappa shape index (κ2) is 8.84. The second-order valence-corrected chi connectivity index (χ2v) is 10.9. The molecule has 31 heavy (non-hydrogen) atoms. The van der Waals surface area contributed by atoms with Gasteiger partial charge in [0.05, 0.1) is 18.7 Å². The van der Waals surface area contributed by atoms with Gasteiger partial charge in [0.1, 0.15) is 12.4 Å². The summed E-state index contributed by atoms with van der Waals surface area (Å²) in [5.74, 6) is 1.97. The van der Waals surface area contributed by atoms with Gasteiger partial charge in [-0.1, -0.05) is 19.0 Å². The van der Waals surface area contributed by atoms with Crippen LogP contribution in [0.4, 0.5) is 0 Å². The Hall–Kier alpha value is -1.43. The molecule has 0 aromatic carbocycles. The standard InChI is InChI=1S/C25H40N2O4/c1-24-10-8-16(27-31-13-5-12-26-3)14-21(24)18(23(29)30-4)15-17-19-6-7-22(28)25(19,2)11-9-20(17)24/h17-21,26H,5-15H2,1-4H3/t17-,18-,19-,20-,21?,24+,25-/m0/s1. The molecule has 0 aliphatic heterocycles. The van der Waals surface area contributed by atoms with Crippen LogP contribution in [-0.2, 0) is 19.2 Å². The Morgan fingerprint density at radius 3 is 2.71 bits per heavy atom. The first-order chi connectivity index (χ1) is 14.8. The molecule has 0 amide bonds. The maximum absolute atomic E-state index is 12.9. The van der Waals surface area contributed by atoms with Crippen LogP contribution in [0.25, 0.3) is 0 Å². The Labute approximate surface area is 186 Å². The third-order valence-corrected chi connectivity index (χ3v) is 9.62. The number of hydrogen-bond acceptors (Lipinski definition) is 6. The van der Waals surface area contributed by atoms with Crippen LogP contribution in [0.5, 0.6) is 0 Å². The van der Waals surface area contributed by atoms with E-state index in [4.69, 9.17) is 9.57 Å². The summed E-state index contributed by atoms with van der Waals surface area (Å²) in [4.78, 5) is 31.3. The summed E-state index contributed by atoms with van der Waals surface area (Å²) in [6.07, 6.45) is 8.44. The Kier molecular flexibility index (Phi) is 6.49. The monoisotopic (exact) mass is 432 g/mol. The van der Waals surface area contributed by atoms with Crippen molar-refractivity contribution in [1.82, 2.24) is 5.32 Å². The van der Waals surface area contributed by atoms with E-state index in [0.717, 1.165) is 70.0 Å². The third kappa shape index (κ3) is 3.83. The first-order valence-corrected chi connectivity index (χ1v) is 12.3. The van der Waals surface area contributed by atoms with Crippen molar-refractivity contribution in [2.75, 3.05) is 27.3 Å². The van der Waals surface area contributed by atoms with Gasteiger partial charge in [-0.3, -0.25) is 9.59 Å². The highest BCUT2D eigenvalue weighted by Gasteiger charge is 2.63. The van der Waals surface area contributed by atoms with E-state index in [2.05, 4.69) is 24.3 Å². The summed E-state index contributed by atoms with van der Waals surface area (Å²) in [6, 6.07) is 0. The lowest BCUT2D eigenvalue weighted by atomic mass is 9.43. The fraction of sp³-hybridized carbons (Fsp3) is 0.880. The maximum atomic E-state index is 12.9. The van der Waals surface area contributed by atoms with Gasteiger partial charge in [-0.15, -0.1) is 0 Å². The van der Waals surface area contributed by atoms with Crippen LogP contribution in [0.3, 0.4) is 0 Å². The number of ketones is 1. The number of carbonyl (C=O) groups is 2. The molecule has 0 saturated heterocycles. The summed E-state index contributed by atoms with van der Waals surface area (Å²) >= 11 is 0. The Balaban J connectivity index is 1.56. The number of fused-ring (bicyclic) bond motifs is 5. The first kappa shape index (κ1) is 22.8. The van der Waals surface area contributed by atoms with E-state index in [0.29, 0.717) is 30.1 Å². The quantitative estimate of drug-likeness (QED) is 0.390. The van der Waals surface area contributed by atoms with Crippen molar-refractivity contribution in [3.05, 3.63) is 0 Å². The molecule has 4 fully saturated rings. The largest absolute Gasteiger partial charge is 0.469 e. The average molecular weight is 433 g/mol. The van der Waals surface area contributed by atoms with Gasteiger partial charge < -0.3 is 14.9 Å². The number of Topliss-reactive ketones (excluding diaryl/α,β-unsaturated/α-hetero) is 1. The predicted octanol–water partition coefficient (Wildman–Crippen LogP) is 3.98. The molecule has 0 spiro atoms. The van der Waals surface area contributed by atoms with Gasteiger partial charge in [0.2, 0.25) is 0 Å². The lowest BCUT2D eigenvalue weighted by molar-refractivity contribution is -0.167. The van der Waals surface area contributed by atoms with Crippen molar-refractivity contribution in [2.45, 2.75) is 71.6 Å². The van der Waals surface area contributed by atoms with E-state index >= 15 is 0 Å². The van der Waals surface area contributed by atoms with E-state index in [1.165, 1.54) is 7.11 Å². The summed E-state index contributed by atoms with van der Waals surface area (Å²) in [5.41, 5.74) is 1.02. The molecule has 4 rings (SSSR count). The number of methoxy groups -OCH3 is 1. The number of nitrogens with one attached hydrogen (secondary N) is 1. The minimum absolute atomic E-state index is 0.0811. The van der Waals surface area contributed by atoms with Gasteiger partial charge in [0, 0.05) is 11.8 Å². The Bertz CT molecular complexity index is 737. The molecule has 7 atom stereocenters. The molecule has 6 nitrogen and oxygen atoms in total.